The summed E-state index contributed by atoms with van der Waals surface area (Å²) in [5.74, 6) is 1.58. The van der Waals surface area contributed by atoms with Crippen molar-refractivity contribution in [2.75, 3.05) is 6.54 Å². The van der Waals surface area contributed by atoms with Crippen LogP contribution in [0.15, 0.2) is 159 Å². The Labute approximate surface area is 386 Å². The first-order valence-electron chi connectivity index (χ1n) is 22.3. The number of nitrogens with one attached hydrogen (secondary N) is 4. The molecule has 0 aliphatic rings. The van der Waals surface area contributed by atoms with Crippen LogP contribution in [0.2, 0.25) is 0 Å². The molecule has 0 saturated carbocycles. The monoisotopic (exact) mass is 878 g/mol. The standard InChI is InChI=1S/C53H46N14/c1-34-11-9-18-44(60-34)51-50(63-47(64-51)29-55-27-37-14-10-17-39(24-37)38-15-7-4-8-16-38)42-25-43(53-57-33-59-67(53)31-42)41-23-35(2)61-45(26-41)52-49(40-19-20-48-56-32-58-66(48)30-40)62-46(65-52)28-54-22-21-36-12-5-3-6-13-36/h3-20,23-26,30-33,54-55H,21-22,27-29H2,1-2H3,(H,62,65)(H,63,64). The van der Waals surface area contributed by atoms with Crippen LogP contribution in [-0.4, -0.2) is 65.6 Å². The van der Waals surface area contributed by atoms with Gasteiger partial charge in [-0.1, -0.05) is 84.9 Å². The quantitative estimate of drug-likeness (QED) is 0.0729. The summed E-state index contributed by atoms with van der Waals surface area (Å²) in [5, 5.41) is 16.3. The molecule has 11 aromatic rings. The van der Waals surface area contributed by atoms with Gasteiger partial charge in [-0.3, -0.25) is 9.97 Å². The topological polar surface area (TPSA) is 168 Å². The van der Waals surface area contributed by atoms with Crippen LogP contribution in [0.3, 0.4) is 0 Å². The van der Waals surface area contributed by atoms with E-state index in [4.69, 9.17) is 24.9 Å². The zero-order valence-electron chi connectivity index (χ0n) is 37.0. The fourth-order valence-corrected chi connectivity index (χ4v) is 8.56. The summed E-state index contributed by atoms with van der Waals surface area (Å²) < 4.78 is 3.58. The summed E-state index contributed by atoms with van der Waals surface area (Å²) in [4.78, 5) is 36.8. The lowest BCUT2D eigenvalue weighted by molar-refractivity contribution is 0.665. The van der Waals surface area contributed by atoms with Crippen LogP contribution >= 0.6 is 0 Å². The lowest BCUT2D eigenvalue weighted by Gasteiger charge is -2.11. The summed E-state index contributed by atoms with van der Waals surface area (Å²) in [6.45, 7) is 6.54. The number of aromatic nitrogens is 12. The van der Waals surface area contributed by atoms with E-state index in [2.05, 4.69) is 127 Å². The molecule has 0 radical (unpaired) electrons. The van der Waals surface area contributed by atoms with Gasteiger partial charge in [0.1, 0.15) is 35.7 Å². The van der Waals surface area contributed by atoms with Gasteiger partial charge in [-0.25, -0.2) is 29.0 Å². The first-order chi connectivity index (χ1) is 33.0. The van der Waals surface area contributed by atoms with E-state index in [1.54, 1.807) is 17.2 Å². The number of hydrogen-bond acceptors (Lipinski definition) is 10. The van der Waals surface area contributed by atoms with E-state index in [9.17, 15) is 0 Å². The summed E-state index contributed by atoms with van der Waals surface area (Å²) >= 11 is 0. The van der Waals surface area contributed by atoms with Crippen LogP contribution in [0.1, 0.15) is 34.2 Å². The van der Waals surface area contributed by atoms with Crippen molar-refractivity contribution in [2.45, 2.75) is 39.9 Å². The third-order valence-electron chi connectivity index (χ3n) is 11.8. The van der Waals surface area contributed by atoms with Gasteiger partial charge in [-0.15, -0.1) is 0 Å². The second-order valence-electron chi connectivity index (χ2n) is 16.6. The minimum absolute atomic E-state index is 0.514. The Hall–Kier alpha value is -8.46. The third kappa shape index (κ3) is 8.86. The second-order valence-corrected chi connectivity index (χ2v) is 16.6. The van der Waals surface area contributed by atoms with E-state index < -0.39 is 0 Å². The molecule has 8 aromatic heterocycles. The minimum Gasteiger partial charge on any atom is -0.340 e. The summed E-state index contributed by atoms with van der Waals surface area (Å²) in [6, 6.07) is 45.8. The zero-order valence-corrected chi connectivity index (χ0v) is 37.0. The van der Waals surface area contributed by atoms with E-state index in [0.29, 0.717) is 31.0 Å². The van der Waals surface area contributed by atoms with Crippen molar-refractivity contribution in [1.29, 1.82) is 0 Å². The van der Waals surface area contributed by atoms with Crippen molar-refractivity contribution < 1.29 is 0 Å². The van der Waals surface area contributed by atoms with E-state index in [1.807, 2.05) is 73.2 Å². The zero-order chi connectivity index (χ0) is 45.1. The second kappa shape index (κ2) is 18.2. The smallest absolute Gasteiger partial charge is 0.163 e. The van der Waals surface area contributed by atoms with Crippen LogP contribution in [0.4, 0.5) is 0 Å². The molecule has 67 heavy (non-hydrogen) atoms. The Kier molecular flexibility index (Phi) is 11.2. The van der Waals surface area contributed by atoms with E-state index >= 15 is 0 Å². The van der Waals surface area contributed by atoms with E-state index in [1.165, 1.54) is 22.3 Å². The van der Waals surface area contributed by atoms with Crippen molar-refractivity contribution in [1.82, 2.24) is 69.7 Å². The molecule has 14 heteroatoms. The maximum atomic E-state index is 5.19. The van der Waals surface area contributed by atoms with Crippen molar-refractivity contribution in [2.24, 2.45) is 0 Å². The number of nitrogens with zero attached hydrogens (tertiary/aromatic N) is 10. The summed E-state index contributed by atoms with van der Waals surface area (Å²) in [5.41, 5.74) is 16.2. The van der Waals surface area contributed by atoms with E-state index in [0.717, 1.165) is 92.4 Å². The van der Waals surface area contributed by atoms with Crippen molar-refractivity contribution >= 4 is 11.3 Å². The van der Waals surface area contributed by atoms with Crippen molar-refractivity contribution in [3.63, 3.8) is 0 Å². The predicted molar refractivity (Wildman–Crippen MR) is 260 cm³/mol. The van der Waals surface area contributed by atoms with Gasteiger partial charge in [0.05, 0.1) is 35.9 Å². The lowest BCUT2D eigenvalue weighted by Crippen LogP contribution is -2.17. The molecule has 3 aromatic carbocycles. The molecular formula is C53H46N14. The molecule has 4 N–H and O–H groups in total. The number of rotatable bonds is 15. The average Bonchev–Trinajstić information content (AvgIpc) is 4.20. The number of H-pyrrole nitrogens is 2. The third-order valence-corrected chi connectivity index (χ3v) is 11.8. The van der Waals surface area contributed by atoms with Gasteiger partial charge < -0.3 is 20.6 Å². The molecule has 0 aliphatic heterocycles. The number of aryl methyl sites for hydroxylation is 2. The summed E-state index contributed by atoms with van der Waals surface area (Å²) in [6.07, 6.45) is 8.00. The number of hydrogen-bond donors (Lipinski definition) is 4. The maximum Gasteiger partial charge on any atom is 0.163 e. The average molecular weight is 879 g/mol. The number of pyridine rings is 4. The normalized spacial score (nSPS) is 11.6. The van der Waals surface area contributed by atoms with Crippen LogP contribution in [0.25, 0.3) is 78.8 Å². The number of aromatic amines is 2. The fraction of sp³-hybridized carbons (Fsp3) is 0.132. The summed E-state index contributed by atoms with van der Waals surface area (Å²) in [7, 11) is 0. The van der Waals surface area contributed by atoms with Crippen LogP contribution in [0, 0.1) is 13.8 Å². The molecule has 0 atom stereocenters. The SMILES string of the molecule is Cc1cc(-c2cc(-c3[nH]c(CNCc4cccc(-c5ccccc5)c4)nc3-c3cccc(C)n3)cn3ncnc23)cc(-c2nc(CNCCc3ccccc3)[nH]c2-c2ccc3ncnn3c2)n1. The molecule has 328 valence electrons. The highest BCUT2D eigenvalue weighted by atomic mass is 15.3. The molecule has 0 fully saturated rings. The van der Waals surface area contributed by atoms with Gasteiger partial charge in [-0.2, -0.15) is 10.2 Å². The van der Waals surface area contributed by atoms with Crippen molar-refractivity contribution in [3.05, 3.63) is 193 Å². The molecule has 0 bridgehead atoms. The fourth-order valence-electron chi connectivity index (χ4n) is 8.56. The van der Waals surface area contributed by atoms with Gasteiger partial charge >= 0.3 is 0 Å². The Morgan fingerprint density at radius 1 is 0.493 bits per heavy atom. The molecule has 14 nitrogen and oxygen atoms in total. The first kappa shape index (κ1) is 41.3. The van der Waals surface area contributed by atoms with Crippen molar-refractivity contribution in [3.8, 4) is 67.5 Å². The van der Waals surface area contributed by atoms with Gasteiger partial charge in [-0.05, 0) is 103 Å². The Morgan fingerprint density at radius 3 is 2.01 bits per heavy atom. The van der Waals surface area contributed by atoms with Crippen LogP contribution < -0.4 is 10.6 Å². The highest BCUT2D eigenvalue weighted by Crippen LogP contribution is 2.37. The molecule has 0 aliphatic carbocycles. The largest absolute Gasteiger partial charge is 0.340 e. The molecule has 8 heterocycles. The Balaban J connectivity index is 0.941. The molecular weight excluding hydrogens is 833 g/mol. The molecule has 0 amide bonds. The molecule has 0 unspecified atom stereocenters. The molecule has 0 saturated heterocycles. The minimum atomic E-state index is 0.514. The number of fused-ring (bicyclic) bond motifs is 2. The maximum absolute atomic E-state index is 5.19. The molecule has 11 rings (SSSR count). The molecule has 0 spiro atoms. The Morgan fingerprint density at radius 2 is 1.18 bits per heavy atom. The predicted octanol–water partition coefficient (Wildman–Crippen LogP) is 9.25. The van der Waals surface area contributed by atoms with Crippen LogP contribution in [-0.2, 0) is 26.1 Å². The Bertz CT molecular complexity index is 3490. The first-order valence-corrected chi connectivity index (χ1v) is 22.3. The number of benzene rings is 3. The number of imidazole rings is 2. The van der Waals surface area contributed by atoms with Gasteiger partial charge in [0.15, 0.2) is 11.3 Å². The van der Waals surface area contributed by atoms with Crippen LogP contribution in [0.5, 0.6) is 0 Å². The van der Waals surface area contributed by atoms with Gasteiger partial charge in [0, 0.05) is 47.0 Å². The highest BCUT2D eigenvalue weighted by molar-refractivity contribution is 5.87. The van der Waals surface area contributed by atoms with Gasteiger partial charge in [0.25, 0.3) is 0 Å². The lowest BCUT2D eigenvalue weighted by atomic mass is 10.0. The highest BCUT2D eigenvalue weighted by Gasteiger charge is 2.22. The van der Waals surface area contributed by atoms with Gasteiger partial charge in [0.2, 0.25) is 0 Å². The van der Waals surface area contributed by atoms with E-state index in [-0.39, 0.29) is 0 Å².